The molecule has 0 radical (unpaired) electrons. The van der Waals surface area contributed by atoms with Gasteiger partial charge in [-0.15, -0.1) is 0 Å². The minimum absolute atomic E-state index is 0.435. The van der Waals surface area contributed by atoms with Crippen LogP contribution >= 0.6 is 0 Å². The van der Waals surface area contributed by atoms with Gasteiger partial charge in [-0.3, -0.25) is 0 Å². The van der Waals surface area contributed by atoms with Crippen LogP contribution in [0.4, 0.5) is 0 Å². The van der Waals surface area contributed by atoms with Crippen LogP contribution in [0.3, 0.4) is 0 Å². The lowest BCUT2D eigenvalue weighted by Gasteiger charge is -2.23. The zero-order chi connectivity index (χ0) is 7.40. The lowest BCUT2D eigenvalue weighted by atomic mass is 9.90. The third kappa shape index (κ3) is 1.84. The Labute approximate surface area is 63.1 Å². The summed E-state index contributed by atoms with van der Waals surface area (Å²) in [5, 5.41) is 0. The van der Waals surface area contributed by atoms with E-state index in [1.807, 2.05) is 0 Å². The van der Waals surface area contributed by atoms with Crippen molar-refractivity contribution < 1.29 is 4.74 Å². The molecule has 0 fully saturated rings. The molecule has 1 aliphatic rings. The van der Waals surface area contributed by atoms with E-state index in [0.717, 1.165) is 5.92 Å². The average Bonchev–Trinajstić information content (AvgIpc) is 2.05. The zero-order valence-electron chi connectivity index (χ0n) is 6.84. The molecule has 0 amide bonds. The summed E-state index contributed by atoms with van der Waals surface area (Å²) in [6.07, 6.45) is 8.70. The van der Waals surface area contributed by atoms with E-state index in [9.17, 15) is 0 Å². The van der Waals surface area contributed by atoms with E-state index in [-0.39, 0.29) is 0 Å². The highest BCUT2D eigenvalue weighted by atomic mass is 16.5. The van der Waals surface area contributed by atoms with Crippen molar-refractivity contribution in [2.24, 2.45) is 5.92 Å². The molecule has 0 saturated carbocycles. The summed E-state index contributed by atoms with van der Waals surface area (Å²) in [5.41, 5.74) is 0. The van der Waals surface area contributed by atoms with Crippen LogP contribution in [-0.2, 0) is 4.74 Å². The fraction of sp³-hybridized carbons (Fsp3) is 0.778. The first-order valence-corrected chi connectivity index (χ1v) is 4.02. The highest BCUT2D eigenvalue weighted by Crippen LogP contribution is 2.22. The molecule has 0 aromatic heterocycles. The van der Waals surface area contributed by atoms with E-state index in [4.69, 9.17) is 4.74 Å². The van der Waals surface area contributed by atoms with Gasteiger partial charge >= 0.3 is 0 Å². The Morgan fingerprint density at radius 3 is 2.80 bits per heavy atom. The molecule has 0 N–H and O–H groups in total. The maximum absolute atomic E-state index is 5.26. The van der Waals surface area contributed by atoms with Gasteiger partial charge in [0, 0.05) is 7.11 Å². The Kier molecular flexibility index (Phi) is 2.94. The summed E-state index contributed by atoms with van der Waals surface area (Å²) in [6, 6.07) is 0. The fourth-order valence-electron chi connectivity index (χ4n) is 1.44. The van der Waals surface area contributed by atoms with Gasteiger partial charge in [0.25, 0.3) is 0 Å². The summed E-state index contributed by atoms with van der Waals surface area (Å²) in [4.78, 5) is 0. The molecule has 0 heterocycles. The molecule has 2 atom stereocenters. The number of ether oxygens (including phenoxy) is 1. The number of rotatable bonds is 2. The number of methoxy groups -OCH3 is 1. The largest absolute Gasteiger partial charge is 0.381 e. The van der Waals surface area contributed by atoms with E-state index in [1.54, 1.807) is 7.11 Å². The highest BCUT2D eigenvalue weighted by Gasteiger charge is 2.16. The number of hydrogen-bond acceptors (Lipinski definition) is 1. The third-order valence-electron chi connectivity index (χ3n) is 2.35. The predicted octanol–water partition coefficient (Wildman–Crippen LogP) is 2.38. The molecule has 10 heavy (non-hydrogen) atoms. The van der Waals surface area contributed by atoms with Crippen molar-refractivity contribution in [3.63, 3.8) is 0 Å². The SMILES string of the molecule is COC(C)C1CC=CCC1. The first kappa shape index (κ1) is 7.80. The van der Waals surface area contributed by atoms with Crippen molar-refractivity contribution in [3.05, 3.63) is 12.2 Å². The number of hydrogen-bond donors (Lipinski definition) is 0. The quantitative estimate of drug-likeness (QED) is 0.535. The van der Waals surface area contributed by atoms with Gasteiger partial charge in [-0.1, -0.05) is 12.2 Å². The van der Waals surface area contributed by atoms with Crippen molar-refractivity contribution in [1.29, 1.82) is 0 Å². The van der Waals surface area contributed by atoms with Gasteiger partial charge in [0.2, 0.25) is 0 Å². The van der Waals surface area contributed by atoms with Crippen LogP contribution in [0.1, 0.15) is 26.2 Å². The molecule has 0 spiro atoms. The smallest absolute Gasteiger partial charge is 0.0574 e. The zero-order valence-corrected chi connectivity index (χ0v) is 6.84. The van der Waals surface area contributed by atoms with Gasteiger partial charge in [0.15, 0.2) is 0 Å². The lowest BCUT2D eigenvalue weighted by Crippen LogP contribution is -2.19. The number of allylic oxidation sites excluding steroid dienone is 2. The summed E-state index contributed by atoms with van der Waals surface area (Å²) < 4.78 is 5.26. The van der Waals surface area contributed by atoms with Crippen LogP contribution in [0, 0.1) is 5.92 Å². The molecular formula is C9H16O. The molecule has 58 valence electrons. The summed E-state index contributed by atoms with van der Waals surface area (Å²) >= 11 is 0. The first-order chi connectivity index (χ1) is 4.84. The van der Waals surface area contributed by atoms with Crippen molar-refractivity contribution >= 4 is 0 Å². The molecule has 0 bridgehead atoms. The van der Waals surface area contributed by atoms with Crippen LogP contribution < -0.4 is 0 Å². The molecule has 1 rings (SSSR count). The molecule has 1 heteroatoms. The van der Waals surface area contributed by atoms with E-state index in [0.29, 0.717) is 6.10 Å². The second-order valence-electron chi connectivity index (χ2n) is 2.99. The molecule has 0 aromatic carbocycles. The highest BCUT2D eigenvalue weighted by molar-refractivity contribution is 4.91. The van der Waals surface area contributed by atoms with Crippen LogP contribution in [-0.4, -0.2) is 13.2 Å². The first-order valence-electron chi connectivity index (χ1n) is 4.02. The molecule has 2 unspecified atom stereocenters. The van der Waals surface area contributed by atoms with E-state index in [1.165, 1.54) is 19.3 Å². The van der Waals surface area contributed by atoms with Gasteiger partial charge in [-0.25, -0.2) is 0 Å². The Bertz CT molecular complexity index is 118. The normalized spacial score (nSPS) is 28.4. The second kappa shape index (κ2) is 3.77. The van der Waals surface area contributed by atoms with E-state index >= 15 is 0 Å². The Morgan fingerprint density at radius 1 is 1.50 bits per heavy atom. The molecule has 1 aliphatic carbocycles. The van der Waals surface area contributed by atoms with Crippen molar-refractivity contribution in [3.8, 4) is 0 Å². The Morgan fingerprint density at radius 2 is 2.30 bits per heavy atom. The maximum Gasteiger partial charge on any atom is 0.0574 e. The minimum Gasteiger partial charge on any atom is -0.381 e. The van der Waals surface area contributed by atoms with E-state index < -0.39 is 0 Å². The van der Waals surface area contributed by atoms with Gasteiger partial charge < -0.3 is 4.74 Å². The van der Waals surface area contributed by atoms with Crippen LogP contribution in [0.15, 0.2) is 12.2 Å². The van der Waals surface area contributed by atoms with Crippen molar-refractivity contribution in [2.45, 2.75) is 32.3 Å². The predicted molar refractivity (Wildman–Crippen MR) is 43.0 cm³/mol. The van der Waals surface area contributed by atoms with Crippen molar-refractivity contribution in [1.82, 2.24) is 0 Å². The average molecular weight is 140 g/mol. The molecule has 0 aliphatic heterocycles. The monoisotopic (exact) mass is 140 g/mol. The second-order valence-corrected chi connectivity index (χ2v) is 2.99. The standard InChI is InChI=1S/C9H16O/c1-8(10-2)9-6-4-3-5-7-9/h3-4,8-9H,5-7H2,1-2H3. The molecule has 1 nitrogen and oxygen atoms in total. The molecular weight excluding hydrogens is 124 g/mol. The van der Waals surface area contributed by atoms with Gasteiger partial charge in [0.05, 0.1) is 6.10 Å². The topological polar surface area (TPSA) is 9.23 Å². The van der Waals surface area contributed by atoms with Crippen LogP contribution in [0.2, 0.25) is 0 Å². The van der Waals surface area contributed by atoms with Crippen molar-refractivity contribution in [2.75, 3.05) is 7.11 Å². The summed E-state index contributed by atoms with van der Waals surface area (Å²) in [5.74, 6) is 0.759. The molecule has 0 aromatic rings. The van der Waals surface area contributed by atoms with Gasteiger partial charge in [-0.05, 0) is 32.1 Å². The minimum atomic E-state index is 0.435. The van der Waals surface area contributed by atoms with Crippen LogP contribution in [0.5, 0.6) is 0 Å². The molecule has 0 saturated heterocycles. The van der Waals surface area contributed by atoms with Gasteiger partial charge in [-0.2, -0.15) is 0 Å². The van der Waals surface area contributed by atoms with E-state index in [2.05, 4.69) is 19.1 Å². The van der Waals surface area contributed by atoms with Gasteiger partial charge in [0.1, 0.15) is 0 Å². The Balaban J connectivity index is 2.33. The maximum atomic E-state index is 5.26. The summed E-state index contributed by atoms with van der Waals surface area (Å²) in [6.45, 7) is 2.16. The third-order valence-corrected chi connectivity index (χ3v) is 2.35. The lowest BCUT2D eigenvalue weighted by molar-refractivity contribution is 0.0630. The van der Waals surface area contributed by atoms with Crippen LogP contribution in [0.25, 0.3) is 0 Å². The fourth-order valence-corrected chi connectivity index (χ4v) is 1.44. The Hall–Kier alpha value is -0.300. The summed E-state index contributed by atoms with van der Waals surface area (Å²) in [7, 11) is 1.79.